The fourth-order valence-corrected chi connectivity index (χ4v) is 2.38. The monoisotopic (exact) mass is 203 g/mol. The first-order valence-corrected chi connectivity index (χ1v) is 5.51. The number of hydrogen-bond acceptors (Lipinski definition) is 1. The molecule has 1 aromatic carbocycles. The van der Waals surface area contributed by atoms with Gasteiger partial charge in [0.05, 0.1) is 0 Å². The zero-order chi connectivity index (χ0) is 10.8. The highest BCUT2D eigenvalue weighted by molar-refractivity contribution is 5.73. The Bertz CT molecular complexity index is 384. The molecule has 0 unspecified atom stereocenters. The van der Waals surface area contributed by atoms with Gasteiger partial charge in [-0.15, -0.1) is 0 Å². The van der Waals surface area contributed by atoms with Crippen molar-refractivity contribution in [3.05, 3.63) is 34.9 Å². The van der Waals surface area contributed by atoms with Gasteiger partial charge in [0.1, 0.15) is 0 Å². The summed E-state index contributed by atoms with van der Waals surface area (Å²) >= 11 is 0. The normalized spacial score (nSPS) is 19.5. The summed E-state index contributed by atoms with van der Waals surface area (Å²) in [5.41, 5.74) is 4.24. The second-order valence-corrected chi connectivity index (χ2v) is 4.35. The zero-order valence-corrected chi connectivity index (χ0v) is 9.34. The Hall–Kier alpha value is -1.31. The van der Waals surface area contributed by atoms with Gasteiger partial charge in [-0.1, -0.05) is 18.2 Å². The predicted octanol–water partition coefficient (Wildman–Crippen LogP) is 1.99. The van der Waals surface area contributed by atoms with E-state index in [1.807, 2.05) is 0 Å². The Morgan fingerprint density at radius 3 is 3.00 bits per heavy atom. The zero-order valence-electron chi connectivity index (χ0n) is 9.34. The molecule has 1 amide bonds. The Labute approximate surface area is 90.7 Å². The molecule has 1 aromatic rings. The summed E-state index contributed by atoms with van der Waals surface area (Å²) in [6, 6.07) is 6.80. The topological polar surface area (TPSA) is 29.1 Å². The summed E-state index contributed by atoms with van der Waals surface area (Å²) in [7, 11) is 0. The largest absolute Gasteiger partial charge is 0.353 e. The van der Waals surface area contributed by atoms with Gasteiger partial charge in [-0.2, -0.15) is 0 Å². The van der Waals surface area contributed by atoms with Crippen molar-refractivity contribution in [2.24, 2.45) is 0 Å². The van der Waals surface area contributed by atoms with Crippen molar-refractivity contribution in [2.45, 2.75) is 39.2 Å². The summed E-state index contributed by atoms with van der Waals surface area (Å²) < 4.78 is 0. The van der Waals surface area contributed by atoms with E-state index in [1.165, 1.54) is 16.7 Å². The summed E-state index contributed by atoms with van der Waals surface area (Å²) in [4.78, 5) is 11.0. The fraction of sp³-hybridized carbons (Fsp3) is 0.462. The lowest BCUT2D eigenvalue weighted by Crippen LogP contribution is -2.37. The minimum absolute atomic E-state index is 0.0806. The first kappa shape index (κ1) is 10.2. The third-order valence-corrected chi connectivity index (χ3v) is 3.13. The second-order valence-electron chi connectivity index (χ2n) is 4.35. The molecule has 15 heavy (non-hydrogen) atoms. The molecule has 2 nitrogen and oxygen atoms in total. The maximum Gasteiger partial charge on any atom is 0.217 e. The Morgan fingerprint density at radius 2 is 2.27 bits per heavy atom. The van der Waals surface area contributed by atoms with Crippen molar-refractivity contribution >= 4 is 5.91 Å². The van der Waals surface area contributed by atoms with Crippen LogP contribution in [0.4, 0.5) is 0 Å². The van der Waals surface area contributed by atoms with E-state index in [2.05, 4.69) is 30.4 Å². The molecule has 0 saturated heterocycles. The van der Waals surface area contributed by atoms with Crippen LogP contribution in [-0.2, 0) is 17.6 Å². The van der Waals surface area contributed by atoms with Crippen molar-refractivity contribution in [1.29, 1.82) is 0 Å². The van der Waals surface area contributed by atoms with E-state index in [-0.39, 0.29) is 5.91 Å². The smallest absolute Gasteiger partial charge is 0.217 e. The van der Waals surface area contributed by atoms with E-state index in [9.17, 15) is 4.79 Å². The molecular weight excluding hydrogens is 186 g/mol. The molecule has 0 fully saturated rings. The molecule has 0 bridgehead atoms. The van der Waals surface area contributed by atoms with E-state index in [1.54, 1.807) is 6.92 Å². The van der Waals surface area contributed by atoms with Gasteiger partial charge in [-0.3, -0.25) is 4.79 Å². The molecule has 1 N–H and O–H groups in total. The van der Waals surface area contributed by atoms with E-state index >= 15 is 0 Å². The highest BCUT2D eigenvalue weighted by Crippen LogP contribution is 2.24. The molecule has 0 aromatic heterocycles. The van der Waals surface area contributed by atoms with Crippen molar-refractivity contribution < 1.29 is 4.79 Å². The average Bonchev–Trinajstić information content (AvgIpc) is 2.18. The van der Waals surface area contributed by atoms with Crippen molar-refractivity contribution in [3.8, 4) is 0 Å². The minimum Gasteiger partial charge on any atom is -0.353 e. The molecule has 80 valence electrons. The highest BCUT2D eigenvalue weighted by atomic mass is 16.1. The first-order chi connectivity index (χ1) is 7.16. The molecule has 0 aliphatic heterocycles. The highest BCUT2D eigenvalue weighted by Gasteiger charge is 2.19. The standard InChI is InChI=1S/C13H17NO/c1-9-4-3-5-11-6-7-12(8-13(9)11)14-10(2)15/h3-5,12H,6-8H2,1-2H3,(H,14,15)/t12-/m1/s1. The average molecular weight is 203 g/mol. The lowest BCUT2D eigenvalue weighted by atomic mass is 9.86. The molecule has 0 saturated carbocycles. The number of rotatable bonds is 1. The van der Waals surface area contributed by atoms with Crippen LogP contribution in [0, 0.1) is 6.92 Å². The van der Waals surface area contributed by atoms with Gasteiger partial charge in [-0.05, 0) is 42.9 Å². The summed E-state index contributed by atoms with van der Waals surface area (Å²) in [5, 5.41) is 3.01. The Balaban J connectivity index is 2.18. The third-order valence-electron chi connectivity index (χ3n) is 3.13. The van der Waals surface area contributed by atoms with Gasteiger partial charge in [0.2, 0.25) is 5.91 Å². The van der Waals surface area contributed by atoms with Gasteiger partial charge in [0, 0.05) is 13.0 Å². The van der Waals surface area contributed by atoms with Crippen LogP contribution in [0.25, 0.3) is 0 Å². The number of fused-ring (bicyclic) bond motifs is 1. The molecule has 0 heterocycles. The molecular formula is C13H17NO. The molecule has 0 spiro atoms. The van der Waals surface area contributed by atoms with Crippen molar-refractivity contribution in [2.75, 3.05) is 0 Å². The van der Waals surface area contributed by atoms with E-state index in [4.69, 9.17) is 0 Å². The van der Waals surface area contributed by atoms with E-state index in [0.29, 0.717) is 6.04 Å². The third kappa shape index (κ3) is 2.20. The number of benzene rings is 1. The minimum atomic E-state index is 0.0806. The summed E-state index contributed by atoms with van der Waals surface area (Å²) in [6.07, 6.45) is 3.14. The maximum absolute atomic E-state index is 11.0. The van der Waals surface area contributed by atoms with Crippen LogP contribution < -0.4 is 5.32 Å². The maximum atomic E-state index is 11.0. The van der Waals surface area contributed by atoms with Gasteiger partial charge >= 0.3 is 0 Å². The second kappa shape index (κ2) is 4.05. The van der Waals surface area contributed by atoms with Crippen molar-refractivity contribution in [3.63, 3.8) is 0 Å². The molecule has 1 aliphatic carbocycles. The molecule has 0 radical (unpaired) electrons. The number of aryl methyl sites for hydroxylation is 2. The Morgan fingerprint density at radius 1 is 1.47 bits per heavy atom. The van der Waals surface area contributed by atoms with E-state index in [0.717, 1.165) is 19.3 Å². The summed E-state index contributed by atoms with van der Waals surface area (Å²) in [6.45, 7) is 3.74. The number of nitrogens with one attached hydrogen (secondary N) is 1. The van der Waals surface area contributed by atoms with E-state index < -0.39 is 0 Å². The van der Waals surface area contributed by atoms with Gasteiger partial charge < -0.3 is 5.32 Å². The van der Waals surface area contributed by atoms with Crippen LogP contribution in [0.5, 0.6) is 0 Å². The van der Waals surface area contributed by atoms with Crippen molar-refractivity contribution in [1.82, 2.24) is 5.32 Å². The van der Waals surface area contributed by atoms with Crippen LogP contribution in [-0.4, -0.2) is 11.9 Å². The number of hydrogen-bond donors (Lipinski definition) is 1. The van der Waals surface area contributed by atoms with Crippen LogP contribution in [0.2, 0.25) is 0 Å². The first-order valence-electron chi connectivity index (χ1n) is 5.51. The number of carbonyl (C=O) groups excluding carboxylic acids is 1. The molecule has 1 atom stereocenters. The van der Waals surface area contributed by atoms with Gasteiger partial charge in [0.25, 0.3) is 0 Å². The lowest BCUT2D eigenvalue weighted by molar-refractivity contribution is -0.119. The Kier molecular flexibility index (Phi) is 2.76. The molecule has 1 aliphatic rings. The number of amides is 1. The van der Waals surface area contributed by atoms with Gasteiger partial charge in [-0.25, -0.2) is 0 Å². The lowest BCUT2D eigenvalue weighted by Gasteiger charge is -2.26. The molecule has 2 rings (SSSR count). The molecule has 2 heteroatoms. The summed E-state index contributed by atoms with van der Waals surface area (Å²) in [5.74, 6) is 0.0806. The fourth-order valence-electron chi connectivity index (χ4n) is 2.38. The quantitative estimate of drug-likeness (QED) is 0.743. The van der Waals surface area contributed by atoms with Crippen LogP contribution in [0.15, 0.2) is 18.2 Å². The van der Waals surface area contributed by atoms with Gasteiger partial charge in [0.15, 0.2) is 0 Å². The predicted molar refractivity (Wildman–Crippen MR) is 60.8 cm³/mol. The van der Waals surface area contributed by atoms with Crippen LogP contribution >= 0.6 is 0 Å². The SMILES string of the molecule is CC(=O)N[C@@H]1CCc2cccc(C)c2C1. The van der Waals surface area contributed by atoms with Crippen LogP contribution in [0.1, 0.15) is 30.0 Å². The number of carbonyl (C=O) groups is 1. The van der Waals surface area contributed by atoms with Crippen LogP contribution in [0.3, 0.4) is 0 Å².